The maximum absolute atomic E-state index is 13.8. The van der Waals surface area contributed by atoms with E-state index in [9.17, 15) is 13.2 Å². The van der Waals surface area contributed by atoms with Crippen LogP contribution in [0.2, 0.25) is 0 Å². The van der Waals surface area contributed by atoms with E-state index in [0.717, 1.165) is 18.3 Å². The molecule has 0 amide bonds. The molecule has 2 aromatic rings. The maximum atomic E-state index is 13.8. The van der Waals surface area contributed by atoms with E-state index in [1.165, 1.54) is 25.7 Å². The number of nitrogens with zero attached hydrogens (tertiary/aromatic N) is 2. The number of hydrogen-bond acceptors (Lipinski definition) is 3. The van der Waals surface area contributed by atoms with E-state index < -0.39 is 17.5 Å². The molecule has 8 heteroatoms. The Labute approximate surface area is 157 Å². The minimum atomic E-state index is -1.20. The van der Waals surface area contributed by atoms with Crippen LogP contribution in [-0.2, 0) is 19.7 Å². The highest BCUT2D eigenvalue weighted by molar-refractivity contribution is 5.85. The molecule has 0 aliphatic heterocycles. The fourth-order valence-electron chi connectivity index (χ4n) is 3.23. The summed E-state index contributed by atoms with van der Waals surface area (Å²) >= 11 is 0. The van der Waals surface area contributed by atoms with E-state index in [2.05, 4.69) is 10.4 Å². The van der Waals surface area contributed by atoms with Gasteiger partial charge in [-0.3, -0.25) is 0 Å². The molecule has 1 aromatic heterocycles. The molecule has 4 nitrogen and oxygen atoms in total. The van der Waals surface area contributed by atoms with Gasteiger partial charge >= 0.3 is 0 Å². The van der Waals surface area contributed by atoms with Gasteiger partial charge in [0, 0.05) is 30.8 Å². The Hall–Kier alpha value is -1.73. The van der Waals surface area contributed by atoms with Crippen LogP contribution in [0.3, 0.4) is 0 Å². The third-order valence-corrected chi connectivity index (χ3v) is 4.52. The van der Waals surface area contributed by atoms with Crippen LogP contribution >= 0.6 is 12.4 Å². The van der Waals surface area contributed by atoms with E-state index in [4.69, 9.17) is 4.74 Å². The molecule has 0 atom stereocenters. The van der Waals surface area contributed by atoms with Crippen LogP contribution in [0, 0.1) is 23.4 Å². The summed E-state index contributed by atoms with van der Waals surface area (Å²) in [5.41, 5.74) is 0.795. The predicted molar refractivity (Wildman–Crippen MR) is 94.8 cm³/mol. The van der Waals surface area contributed by atoms with Crippen LogP contribution in [0.5, 0.6) is 5.88 Å². The number of benzene rings is 1. The van der Waals surface area contributed by atoms with Gasteiger partial charge in [-0.2, -0.15) is 5.10 Å². The topological polar surface area (TPSA) is 39.1 Å². The minimum Gasteiger partial charge on any atom is -0.473 e. The fourth-order valence-corrected chi connectivity index (χ4v) is 3.23. The first-order chi connectivity index (χ1) is 12.1. The van der Waals surface area contributed by atoms with Crippen molar-refractivity contribution in [3.8, 4) is 5.88 Å². The lowest BCUT2D eigenvalue weighted by molar-refractivity contribution is 0.256. The van der Waals surface area contributed by atoms with Gasteiger partial charge < -0.3 is 10.1 Å². The van der Waals surface area contributed by atoms with Gasteiger partial charge in [0.2, 0.25) is 5.88 Å². The number of hydrogen-bond donors (Lipinski definition) is 1. The monoisotopic (exact) mass is 389 g/mol. The van der Waals surface area contributed by atoms with E-state index in [1.54, 1.807) is 10.7 Å². The maximum Gasteiger partial charge on any atom is 0.212 e. The van der Waals surface area contributed by atoms with Crippen molar-refractivity contribution in [1.29, 1.82) is 0 Å². The number of rotatable bonds is 7. The molecular weight excluding hydrogens is 367 g/mol. The normalized spacial score (nSPS) is 14.5. The summed E-state index contributed by atoms with van der Waals surface area (Å²) in [6.07, 6.45) is 4.79. The van der Waals surface area contributed by atoms with Crippen LogP contribution in [-0.4, -0.2) is 16.8 Å². The van der Waals surface area contributed by atoms with Crippen molar-refractivity contribution in [2.75, 3.05) is 7.05 Å². The highest BCUT2D eigenvalue weighted by Gasteiger charge is 2.19. The Morgan fingerprint density at radius 1 is 1.12 bits per heavy atom. The summed E-state index contributed by atoms with van der Waals surface area (Å²) in [5, 5.41) is 7.56. The quantitative estimate of drug-likeness (QED) is 0.721. The van der Waals surface area contributed by atoms with Gasteiger partial charge in [-0.25, -0.2) is 17.9 Å². The van der Waals surface area contributed by atoms with Gasteiger partial charge in [-0.05, 0) is 31.9 Å². The number of aromatic nitrogens is 2. The molecule has 0 radical (unpaired) electrons. The van der Waals surface area contributed by atoms with Crippen molar-refractivity contribution in [2.45, 2.75) is 45.4 Å². The molecule has 144 valence electrons. The third kappa shape index (κ3) is 4.92. The first-order valence-corrected chi connectivity index (χ1v) is 8.54. The molecule has 1 aromatic carbocycles. The van der Waals surface area contributed by atoms with E-state index in [1.807, 2.05) is 7.05 Å². The summed E-state index contributed by atoms with van der Waals surface area (Å²) < 4.78 is 47.6. The second kappa shape index (κ2) is 9.28. The summed E-state index contributed by atoms with van der Waals surface area (Å²) in [6.45, 7) is 1.16. The second-order valence-corrected chi connectivity index (χ2v) is 6.48. The highest BCUT2D eigenvalue weighted by Crippen LogP contribution is 2.28. The molecule has 1 fully saturated rings. The first kappa shape index (κ1) is 20.6. The number of ether oxygens (including phenoxy) is 1. The van der Waals surface area contributed by atoms with Gasteiger partial charge in [0.05, 0.1) is 5.69 Å². The van der Waals surface area contributed by atoms with Crippen molar-refractivity contribution < 1.29 is 17.9 Å². The largest absolute Gasteiger partial charge is 0.473 e. The molecular formula is C18H23ClF3N3O. The van der Waals surface area contributed by atoms with Crippen molar-refractivity contribution in [2.24, 2.45) is 5.92 Å². The Balaban J connectivity index is 0.00000243. The van der Waals surface area contributed by atoms with E-state index in [-0.39, 0.29) is 24.6 Å². The van der Waals surface area contributed by atoms with Gasteiger partial charge in [-0.1, -0.05) is 12.8 Å². The van der Waals surface area contributed by atoms with Gasteiger partial charge in [-0.15, -0.1) is 12.4 Å². The Bertz CT molecular complexity index is 733. The van der Waals surface area contributed by atoms with Crippen molar-refractivity contribution in [3.05, 3.63) is 46.9 Å². The molecule has 1 aliphatic carbocycles. The zero-order valence-corrected chi connectivity index (χ0v) is 15.4. The first-order valence-electron chi connectivity index (χ1n) is 8.54. The van der Waals surface area contributed by atoms with Crippen LogP contribution in [0.1, 0.15) is 36.9 Å². The molecule has 3 rings (SSSR count). The lowest BCUT2D eigenvalue weighted by Gasteiger charge is -2.13. The van der Waals surface area contributed by atoms with Gasteiger partial charge in [0.15, 0.2) is 11.6 Å². The zero-order chi connectivity index (χ0) is 17.8. The molecule has 0 saturated heterocycles. The van der Waals surface area contributed by atoms with Crippen LogP contribution in [0.25, 0.3) is 0 Å². The van der Waals surface area contributed by atoms with Crippen LogP contribution < -0.4 is 10.1 Å². The van der Waals surface area contributed by atoms with Gasteiger partial charge in [0.25, 0.3) is 0 Å². The van der Waals surface area contributed by atoms with Crippen LogP contribution in [0.15, 0.2) is 18.2 Å². The lowest BCUT2D eigenvalue weighted by Crippen LogP contribution is -2.12. The molecule has 0 unspecified atom stereocenters. The average molecular weight is 390 g/mol. The van der Waals surface area contributed by atoms with Crippen molar-refractivity contribution >= 4 is 12.4 Å². The Morgan fingerprint density at radius 3 is 2.50 bits per heavy atom. The lowest BCUT2D eigenvalue weighted by atomic mass is 10.1. The summed E-state index contributed by atoms with van der Waals surface area (Å²) in [4.78, 5) is 0. The number of halogens is 4. The SMILES string of the molecule is CNCc1cc(OCc2cc(F)c(F)cc2F)n(CC2CCCC2)n1.Cl. The standard InChI is InChI=1S/C18H22F3N3O.ClH/c1-22-9-14-7-18(24(23-14)10-12-4-2-3-5-12)25-11-13-6-16(20)17(21)8-15(13)19;/h6-8,12,22H,2-5,9-11H2,1H3;1H. The molecule has 1 saturated carbocycles. The Kier molecular flexibility index (Phi) is 7.34. The van der Waals surface area contributed by atoms with Crippen LogP contribution in [0.4, 0.5) is 13.2 Å². The highest BCUT2D eigenvalue weighted by atomic mass is 35.5. The summed E-state index contributed by atoms with van der Waals surface area (Å²) in [7, 11) is 1.83. The molecule has 1 N–H and O–H groups in total. The second-order valence-electron chi connectivity index (χ2n) is 6.48. The average Bonchev–Trinajstić information content (AvgIpc) is 3.21. The summed E-state index contributed by atoms with van der Waals surface area (Å²) in [5.74, 6) is -2.04. The predicted octanol–water partition coefficient (Wildman–Crippen LogP) is 4.21. The molecule has 1 heterocycles. The van der Waals surface area contributed by atoms with E-state index >= 15 is 0 Å². The van der Waals surface area contributed by atoms with Crippen molar-refractivity contribution in [3.63, 3.8) is 0 Å². The zero-order valence-electron chi connectivity index (χ0n) is 14.6. The van der Waals surface area contributed by atoms with E-state index in [0.29, 0.717) is 24.4 Å². The Morgan fingerprint density at radius 2 is 1.81 bits per heavy atom. The number of nitrogens with one attached hydrogen (secondary N) is 1. The van der Waals surface area contributed by atoms with Gasteiger partial charge in [0.1, 0.15) is 12.4 Å². The fraction of sp³-hybridized carbons (Fsp3) is 0.500. The third-order valence-electron chi connectivity index (χ3n) is 4.52. The smallest absolute Gasteiger partial charge is 0.212 e. The minimum absolute atomic E-state index is 0. The molecule has 1 aliphatic rings. The molecule has 0 spiro atoms. The molecule has 26 heavy (non-hydrogen) atoms. The molecule has 0 bridgehead atoms. The summed E-state index contributed by atoms with van der Waals surface area (Å²) in [6, 6.07) is 3.16. The van der Waals surface area contributed by atoms with Crippen molar-refractivity contribution in [1.82, 2.24) is 15.1 Å².